The molecule has 1 aromatic rings. The first kappa shape index (κ1) is 12.9. The third-order valence-electron chi connectivity index (χ3n) is 2.32. The fourth-order valence-electron chi connectivity index (χ4n) is 1.61. The molecule has 2 rings (SSSR count). The molecule has 15 heavy (non-hydrogen) atoms. The molecule has 2 heterocycles. The second-order valence-electron chi connectivity index (χ2n) is 3.47. The summed E-state index contributed by atoms with van der Waals surface area (Å²) >= 11 is 1.20. The van der Waals surface area contributed by atoms with Gasteiger partial charge in [-0.25, -0.2) is 0 Å². The van der Waals surface area contributed by atoms with Crippen molar-refractivity contribution in [3.05, 3.63) is 22.1 Å². The fraction of sp³-hybridized carbons (Fsp3) is 0.600. The summed E-state index contributed by atoms with van der Waals surface area (Å²) in [5.41, 5.74) is 0. The molecule has 86 valence electrons. The van der Waals surface area contributed by atoms with Crippen LogP contribution in [0.25, 0.3) is 0 Å². The summed E-state index contributed by atoms with van der Waals surface area (Å²) in [7, 11) is 0. The van der Waals surface area contributed by atoms with Crippen LogP contribution >= 0.6 is 23.7 Å². The highest BCUT2D eigenvalue weighted by atomic mass is 35.5. The Morgan fingerprint density at radius 2 is 2.40 bits per heavy atom. The molecule has 0 aliphatic carbocycles. The molecule has 0 aromatic carbocycles. The van der Waals surface area contributed by atoms with E-state index in [1.807, 2.05) is 6.07 Å². The van der Waals surface area contributed by atoms with Crippen LogP contribution in [-0.4, -0.2) is 19.3 Å². The number of thiophene rings is 1. The maximum absolute atomic E-state index is 12.6. The van der Waals surface area contributed by atoms with Gasteiger partial charge in [-0.15, -0.1) is 23.7 Å². The highest BCUT2D eigenvalue weighted by Gasteiger charge is 2.14. The van der Waals surface area contributed by atoms with E-state index in [1.54, 1.807) is 0 Å². The van der Waals surface area contributed by atoms with E-state index in [2.05, 4.69) is 5.32 Å². The van der Waals surface area contributed by atoms with Crippen molar-refractivity contribution < 1.29 is 9.13 Å². The highest BCUT2D eigenvalue weighted by Crippen LogP contribution is 2.14. The van der Waals surface area contributed by atoms with Gasteiger partial charge in [0, 0.05) is 24.6 Å². The van der Waals surface area contributed by atoms with Gasteiger partial charge in [0.15, 0.2) is 5.13 Å². The molecule has 1 saturated heterocycles. The Hall–Kier alpha value is -0.160. The van der Waals surface area contributed by atoms with Crippen LogP contribution in [0.5, 0.6) is 0 Å². The number of hydrogen-bond acceptors (Lipinski definition) is 3. The van der Waals surface area contributed by atoms with Gasteiger partial charge in [0.25, 0.3) is 0 Å². The molecule has 1 aromatic heterocycles. The minimum atomic E-state index is -0.112. The number of rotatable bonds is 4. The summed E-state index contributed by atoms with van der Waals surface area (Å²) in [6, 6.07) is 3.33. The predicted octanol–water partition coefficient (Wildman–Crippen LogP) is 2.58. The third kappa shape index (κ3) is 4.07. The molecule has 5 heteroatoms. The molecule has 0 spiro atoms. The van der Waals surface area contributed by atoms with Crippen LogP contribution in [-0.2, 0) is 11.3 Å². The predicted molar refractivity (Wildman–Crippen MR) is 62.2 cm³/mol. The van der Waals surface area contributed by atoms with Gasteiger partial charge in [0.05, 0.1) is 6.10 Å². The topological polar surface area (TPSA) is 21.3 Å². The van der Waals surface area contributed by atoms with Crippen molar-refractivity contribution in [3.63, 3.8) is 0 Å². The van der Waals surface area contributed by atoms with Crippen molar-refractivity contribution in [2.24, 2.45) is 0 Å². The lowest BCUT2D eigenvalue weighted by Crippen LogP contribution is -2.25. The molecule has 2 nitrogen and oxygen atoms in total. The van der Waals surface area contributed by atoms with E-state index in [9.17, 15) is 4.39 Å². The van der Waals surface area contributed by atoms with Crippen LogP contribution in [0.15, 0.2) is 12.1 Å². The largest absolute Gasteiger partial charge is 0.377 e. The zero-order valence-corrected chi connectivity index (χ0v) is 10.0. The summed E-state index contributed by atoms with van der Waals surface area (Å²) in [5, 5.41) is 3.16. The molecule has 1 N–H and O–H groups in total. The number of nitrogens with one attached hydrogen (secondary N) is 1. The van der Waals surface area contributed by atoms with Gasteiger partial charge in [0.1, 0.15) is 0 Å². The smallest absolute Gasteiger partial charge is 0.176 e. The average Bonchev–Trinajstić information content (AvgIpc) is 2.77. The van der Waals surface area contributed by atoms with Gasteiger partial charge in [-0.3, -0.25) is 0 Å². The van der Waals surface area contributed by atoms with Crippen LogP contribution in [0.3, 0.4) is 0 Å². The third-order valence-corrected chi connectivity index (χ3v) is 3.20. The Kier molecular flexibility index (Phi) is 5.53. The van der Waals surface area contributed by atoms with Gasteiger partial charge in [-0.05, 0) is 25.0 Å². The summed E-state index contributed by atoms with van der Waals surface area (Å²) in [6.45, 7) is 2.51. The van der Waals surface area contributed by atoms with Crippen LogP contribution in [0, 0.1) is 5.13 Å². The molecule has 1 aliphatic heterocycles. The lowest BCUT2D eigenvalue weighted by atomic mass is 10.2. The summed E-state index contributed by atoms with van der Waals surface area (Å²) < 4.78 is 18.1. The van der Waals surface area contributed by atoms with E-state index in [0.29, 0.717) is 6.10 Å². The molecular weight excluding hydrogens is 237 g/mol. The van der Waals surface area contributed by atoms with E-state index in [0.717, 1.165) is 31.0 Å². The number of hydrogen-bond donors (Lipinski definition) is 1. The SMILES string of the molecule is Cl.Fc1ccc(CNCC2CCCO2)s1. The monoisotopic (exact) mass is 251 g/mol. The molecular formula is C10H15ClFNOS. The molecule has 0 amide bonds. The van der Waals surface area contributed by atoms with Crippen molar-refractivity contribution in [1.82, 2.24) is 5.32 Å². The minimum Gasteiger partial charge on any atom is -0.377 e. The number of halogens is 2. The Morgan fingerprint density at radius 3 is 3.00 bits per heavy atom. The van der Waals surface area contributed by atoms with E-state index in [-0.39, 0.29) is 17.5 Å². The van der Waals surface area contributed by atoms with E-state index >= 15 is 0 Å². The van der Waals surface area contributed by atoms with Gasteiger partial charge in [-0.2, -0.15) is 4.39 Å². The Labute approximate surface area is 99.2 Å². The first-order valence-corrected chi connectivity index (χ1v) is 5.73. The van der Waals surface area contributed by atoms with E-state index < -0.39 is 0 Å². The molecule has 1 fully saturated rings. The molecule has 1 unspecified atom stereocenters. The molecule has 1 atom stereocenters. The summed E-state index contributed by atoms with van der Waals surface area (Å²) in [4.78, 5) is 1.04. The van der Waals surface area contributed by atoms with Crippen LogP contribution in [0.2, 0.25) is 0 Å². The second kappa shape index (κ2) is 6.43. The van der Waals surface area contributed by atoms with Crippen molar-refractivity contribution in [3.8, 4) is 0 Å². The van der Waals surface area contributed by atoms with Gasteiger partial charge >= 0.3 is 0 Å². The zero-order chi connectivity index (χ0) is 9.80. The lowest BCUT2D eigenvalue weighted by molar-refractivity contribution is 0.110. The van der Waals surface area contributed by atoms with Crippen molar-refractivity contribution in [2.45, 2.75) is 25.5 Å². The first-order valence-electron chi connectivity index (χ1n) is 4.91. The first-order chi connectivity index (χ1) is 6.84. The van der Waals surface area contributed by atoms with Crippen molar-refractivity contribution in [2.75, 3.05) is 13.2 Å². The molecule has 0 saturated carbocycles. The normalized spacial score (nSPS) is 20.2. The Balaban J connectivity index is 0.00000112. The zero-order valence-electron chi connectivity index (χ0n) is 8.37. The fourth-order valence-corrected chi connectivity index (χ4v) is 2.31. The van der Waals surface area contributed by atoms with Gasteiger partial charge < -0.3 is 10.1 Å². The Morgan fingerprint density at radius 1 is 1.53 bits per heavy atom. The minimum absolute atomic E-state index is 0. The maximum Gasteiger partial charge on any atom is 0.176 e. The molecule has 0 bridgehead atoms. The van der Waals surface area contributed by atoms with E-state index in [1.165, 1.54) is 23.8 Å². The maximum atomic E-state index is 12.6. The average molecular weight is 252 g/mol. The van der Waals surface area contributed by atoms with Gasteiger partial charge in [-0.1, -0.05) is 0 Å². The quantitative estimate of drug-likeness (QED) is 0.888. The Bertz CT molecular complexity index is 289. The van der Waals surface area contributed by atoms with Crippen LogP contribution in [0.1, 0.15) is 17.7 Å². The molecule has 1 aliphatic rings. The van der Waals surface area contributed by atoms with Crippen LogP contribution in [0.4, 0.5) is 4.39 Å². The standard InChI is InChI=1S/C10H14FNOS.ClH/c11-10-4-3-9(14-10)7-12-6-8-2-1-5-13-8;/h3-4,8,12H,1-2,5-7H2;1H. The lowest BCUT2D eigenvalue weighted by Gasteiger charge is -2.09. The van der Waals surface area contributed by atoms with Gasteiger partial charge in [0.2, 0.25) is 0 Å². The van der Waals surface area contributed by atoms with Crippen LogP contribution < -0.4 is 5.32 Å². The van der Waals surface area contributed by atoms with Crippen molar-refractivity contribution >= 4 is 23.7 Å². The number of ether oxygens (including phenoxy) is 1. The summed E-state index contributed by atoms with van der Waals surface area (Å²) in [6.07, 6.45) is 2.67. The summed E-state index contributed by atoms with van der Waals surface area (Å²) in [5.74, 6) is 0. The highest BCUT2D eigenvalue weighted by molar-refractivity contribution is 7.10. The van der Waals surface area contributed by atoms with E-state index in [4.69, 9.17) is 4.74 Å². The second-order valence-corrected chi connectivity index (χ2v) is 4.59. The van der Waals surface area contributed by atoms with Crippen molar-refractivity contribution in [1.29, 1.82) is 0 Å². The molecule has 0 radical (unpaired) electrons.